The Morgan fingerprint density at radius 3 is 3.00 bits per heavy atom. The molecule has 0 fully saturated rings. The molecule has 1 aromatic carbocycles. The quantitative estimate of drug-likeness (QED) is 0.886. The summed E-state index contributed by atoms with van der Waals surface area (Å²) in [6, 6.07) is 4.61. The zero-order valence-corrected chi connectivity index (χ0v) is 14.8. The molecular formula is C18H22F2N4O2. The third kappa shape index (κ3) is 4.30. The molecule has 8 heteroatoms. The summed E-state index contributed by atoms with van der Waals surface area (Å²) in [4.78, 5) is 14.1. The predicted molar refractivity (Wildman–Crippen MR) is 92.0 cm³/mol. The Bertz CT molecular complexity index is 778. The topological polar surface area (TPSA) is 59.4 Å². The van der Waals surface area contributed by atoms with Gasteiger partial charge >= 0.3 is 12.6 Å². The third-order valence-electron chi connectivity index (χ3n) is 4.48. The van der Waals surface area contributed by atoms with E-state index in [0.29, 0.717) is 6.54 Å². The maximum absolute atomic E-state index is 12.5. The molecule has 2 aromatic rings. The average Bonchev–Trinajstić information content (AvgIpc) is 2.99. The molecule has 0 spiro atoms. The second-order valence-electron chi connectivity index (χ2n) is 6.51. The standard InChI is InChI=1S/C18H22F2N4O2/c1-23(10-12-9-21-24(2)11-12)18(25)22-16-5-3-4-13-8-14(26-17(19)20)6-7-15(13)16/h6-9,11,16-17H,3-5,10H2,1-2H3,(H,22,25). The molecule has 1 aliphatic rings. The molecular weight excluding hydrogens is 342 g/mol. The fourth-order valence-corrected chi connectivity index (χ4v) is 3.28. The highest BCUT2D eigenvalue weighted by molar-refractivity contribution is 5.74. The highest BCUT2D eigenvalue weighted by Crippen LogP contribution is 2.32. The van der Waals surface area contributed by atoms with Crippen molar-refractivity contribution in [1.82, 2.24) is 20.0 Å². The molecule has 0 bridgehead atoms. The number of alkyl halides is 2. The van der Waals surface area contributed by atoms with Crippen LogP contribution in [-0.2, 0) is 20.0 Å². The zero-order valence-electron chi connectivity index (χ0n) is 14.8. The Morgan fingerprint density at radius 1 is 1.50 bits per heavy atom. The van der Waals surface area contributed by atoms with Gasteiger partial charge in [0.05, 0.1) is 18.8 Å². The first kappa shape index (κ1) is 18.2. The van der Waals surface area contributed by atoms with Crippen LogP contribution in [0.4, 0.5) is 13.6 Å². The van der Waals surface area contributed by atoms with E-state index in [9.17, 15) is 13.6 Å². The van der Waals surface area contributed by atoms with Gasteiger partial charge in [-0.05, 0) is 42.5 Å². The van der Waals surface area contributed by atoms with Crippen molar-refractivity contribution in [1.29, 1.82) is 0 Å². The number of hydrogen-bond acceptors (Lipinski definition) is 3. The first-order valence-corrected chi connectivity index (χ1v) is 8.49. The molecule has 26 heavy (non-hydrogen) atoms. The van der Waals surface area contributed by atoms with E-state index in [0.717, 1.165) is 36.0 Å². The Hall–Kier alpha value is -2.64. The lowest BCUT2D eigenvalue weighted by Gasteiger charge is -2.29. The monoisotopic (exact) mass is 364 g/mol. The molecule has 1 aromatic heterocycles. The van der Waals surface area contributed by atoms with Crippen molar-refractivity contribution in [3.05, 3.63) is 47.3 Å². The molecule has 6 nitrogen and oxygen atoms in total. The van der Waals surface area contributed by atoms with Gasteiger partial charge in [-0.2, -0.15) is 13.9 Å². The largest absolute Gasteiger partial charge is 0.435 e. The van der Waals surface area contributed by atoms with E-state index in [1.165, 1.54) is 6.07 Å². The van der Waals surface area contributed by atoms with Crippen molar-refractivity contribution in [2.45, 2.75) is 38.5 Å². The third-order valence-corrected chi connectivity index (χ3v) is 4.48. The Morgan fingerprint density at radius 2 is 2.31 bits per heavy atom. The fourth-order valence-electron chi connectivity index (χ4n) is 3.28. The van der Waals surface area contributed by atoms with Gasteiger partial charge in [0.2, 0.25) is 0 Å². The van der Waals surface area contributed by atoms with E-state index < -0.39 is 6.61 Å². The second kappa shape index (κ2) is 7.72. The Labute approximate surface area is 150 Å². The first-order chi connectivity index (χ1) is 12.4. The normalized spacial score (nSPS) is 16.3. The number of carbonyl (C=O) groups excluding carboxylic acids is 1. The number of fused-ring (bicyclic) bond motifs is 1. The van der Waals surface area contributed by atoms with Crippen LogP contribution in [0.1, 0.15) is 35.6 Å². The predicted octanol–water partition coefficient (Wildman–Crippen LogP) is 3.24. The van der Waals surface area contributed by atoms with Gasteiger partial charge in [-0.3, -0.25) is 4.68 Å². The van der Waals surface area contributed by atoms with Crippen molar-refractivity contribution in [2.24, 2.45) is 7.05 Å². The lowest BCUT2D eigenvalue weighted by molar-refractivity contribution is -0.0499. The number of nitrogens with zero attached hydrogens (tertiary/aromatic N) is 3. The summed E-state index contributed by atoms with van der Waals surface area (Å²) in [5.74, 6) is 0.152. The molecule has 0 radical (unpaired) electrons. The van der Waals surface area contributed by atoms with E-state index >= 15 is 0 Å². The van der Waals surface area contributed by atoms with Crippen LogP contribution in [-0.4, -0.2) is 34.4 Å². The summed E-state index contributed by atoms with van der Waals surface area (Å²) >= 11 is 0. The number of aryl methyl sites for hydroxylation is 2. The van der Waals surface area contributed by atoms with Crippen molar-refractivity contribution < 1.29 is 18.3 Å². The number of urea groups is 1. The number of rotatable bonds is 5. The molecule has 140 valence electrons. The van der Waals surface area contributed by atoms with Crippen LogP contribution in [0.5, 0.6) is 5.75 Å². The van der Waals surface area contributed by atoms with Crippen LogP contribution in [0.25, 0.3) is 0 Å². The molecule has 0 saturated heterocycles. The van der Waals surface area contributed by atoms with E-state index in [1.54, 1.807) is 35.0 Å². The number of nitrogens with one attached hydrogen (secondary N) is 1. The molecule has 1 heterocycles. The molecule has 1 aliphatic carbocycles. The van der Waals surface area contributed by atoms with Crippen molar-refractivity contribution in [3.8, 4) is 5.75 Å². The van der Waals surface area contributed by atoms with Crippen LogP contribution in [0.3, 0.4) is 0 Å². The molecule has 3 rings (SSSR count). The maximum Gasteiger partial charge on any atom is 0.387 e. The summed E-state index contributed by atoms with van der Waals surface area (Å²) in [7, 11) is 3.56. The number of benzene rings is 1. The first-order valence-electron chi connectivity index (χ1n) is 8.49. The van der Waals surface area contributed by atoms with E-state index in [1.807, 2.05) is 13.2 Å². The van der Waals surface area contributed by atoms with Gasteiger partial charge in [0.1, 0.15) is 5.75 Å². The molecule has 2 amide bonds. The minimum Gasteiger partial charge on any atom is -0.435 e. The summed E-state index contributed by atoms with van der Waals surface area (Å²) in [6.45, 7) is -2.38. The number of hydrogen-bond donors (Lipinski definition) is 1. The molecule has 0 aliphatic heterocycles. The van der Waals surface area contributed by atoms with Crippen LogP contribution in [0.2, 0.25) is 0 Å². The van der Waals surface area contributed by atoms with E-state index in [2.05, 4.69) is 15.2 Å². The van der Waals surface area contributed by atoms with Crippen molar-refractivity contribution >= 4 is 6.03 Å². The van der Waals surface area contributed by atoms with Crippen LogP contribution in [0.15, 0.2) is 30.6 Å². The number of amides is 2. The summed E-state index contributed by atoms with van der Waals surface area (Å²) in [6.07, 6.45) is 6.07. The minimum atomic E-state index is -2.84. The Kier molecular flexibility index (Phi) is 5.39. The van der Waals surface area contributed by atoms with Gasteiger partial charge in [0, 0.05) is 25.9 Å². The van der Waals surface area contributed by atoms with Crippen molar-refractivity contribution in [2.75, 3.05) is 7.05 Å². The van der Waals surface area contributed by atoms with Gasteiger partial charge in [0.25, 0.3) is 0 Å². The summed E-state index contributed by atoms with van der Waals surface area (Å²) in [5, 5.41) is 7.13. The maximum atomic E-state index is 12.5. The summed E-state index contributed by atoms with van der Waals surface area (Å²) < 4.78 is 30.9. The van der Waals surface area contributed by atoms with Gasteiger partial charge in [0.15, 0.2) is 0 Å². The van der Waals surface area contributed by atoms with Crippen molar-refractivity contribution in [3.63, 3.8) is 0 Å². The van der Waals surface area contributed by atoms with Gasteiger partial charge in [-0.15, -0.1) is 0 Å². The van der Waals surface area contributed by atoms with Crippen LogP contribution >= 0.6 is 0 Å². The van der Waals surface area contributed by atoms with E-state index in [4.69, 9.17) is 0 Å². The Balaban J connectivity index is 1.66. The minimum absolute atomic E-state index is 0.136. The number of aromatic nitrogens is 2. The lowest BCUT2D eigenvalue weighted by Crippen LogP contribution is -2.40. The number of halogens is 2. The zero-order chi connectivity index (χ0) is 18.7. The fraction of sp³-hybridized carbons (Fsp3) is 0.444. The van der Waals surface area contributed by atoms with Crippen LogP contribution in [0, 0.1) is 0 Å². The summed E-state index contributed by atoms with van der Waals surface area (Å²) in [5.41, 5.74) is 2.85. The molecule has 1 atom stereocenters. The number of ether oxygens (including phenoxy) is 1. The SMILES string of the molecule is CN(Cc1cnn(C)c1)C(=O)NC1CCCc2cc(OC(F)F)ccc21. The molecule has 1 unspecified atom stereocenters. The van der Waals surface area contributed by atoms with E-state index in [-0.39, 0.29) is 17.8 Å². The van der Waals surface area contributed by atoms with Gasteiger partial charge < -0.3 is 15.0 Å². The molecule has 1 N–H and O–H groups in total. The van der Waals surface area contributed by atoms with Gasteiger partial charge in [-0.1, -0.05) is 6.07 Å². The second-order valence-corrected chi connectivity index (χ2v) is 6.51. The highest BCUT2D eigenvalue weighted by atomic mass is 19.3. The smallest absolute Gasteiger partial charge is 0.387 e. The van der Waals surface area contributed by atoms with Gasteiger partial charge in [-0.25, -0.2) is 4.79 Å². The lowest BCUT2D eigenvalue weighted by atomic mass is 9.87. The number of carbonyl (C=O) groups is 1. The average molecular weight is 364 g/mol. The molecule has 0 saturated carbocycles. The van der Waals surface area contributed by atoms with Crippen LogP contribution < -0.4 is 10.1 Å². The highest BCUT2D eigenvalue weighted by Gasteiger charge is 2.24.